The summed E-state index contributed by atoms with van der Waals surface area (Å²) in [7, 11) is 1.66. The molecule has 0 radical (unpaired) electrons. The van der Waals surface area contributed by atoms with Gasteiger partial charge in [-0.05, 0) is 37.1 Å². The predicted molar refractivity (Wildman–Crippen MR) is 92.7 cm³/mol. The molecule has 3 heterocycles. The van der Waals surface area contributed by atoms with Crippen LogP contribution in [-0.4, -0.2) is 50.3 Å². The van der Waals surface area contributed by atoms with E-state index in [-0.39, 0.29) is 5.54 Å². The normalized spacial score (nSPS) is 20.2. The van der Waals surface area contributed by atoms with Crippen molar-refractivity contribution >= 4 is 0 Å². The van der Waals surface area contributed by atoms with Gasteiger partial charge in [0.1, 0.15) is 5.75 Å². The molecule has 25 heavy (non-hydrogen) atoms. The topological polar surface area (TPSA) is 65.8 Å². The fraction of sp³-hybridized carbons (Fsp3) is 0.526. The molecule has 2 fully saturated rings. The second-order valence-electron chi connectivity index (χ2n) is 6.89. The van der Waals surface area contributed by atoms with Crippen LogP contribution in [0.5, 0.6) is 5.75 Å². The smallest absolute Gasteiger partial charge is 0.167 e. The van der Waals surface area contributed by atoms with Gasteiger partial charge in [-0.15, -0.1) is 0 Å². The maximum absolute atomic E-state index is 5.55. The highest BCUT2D eigenvalue weighted by molar-refractivity contribution is 5.58. The third-order valence-electron chi connectivity index (χ3n) is 4.94. The fourth-order valence-corrected chi connectivity index (χ4v) is 3.49. The molecule has 0 amide bonds. The zero-order chi connectivity index (χ0) is 17.1. The Bertz CT molecular complexity index is 688. The lowest BCUT2D eigenvalue weighted by Gasteiger charge is -2.45. The van der Waals surface area contributed by atoms with Crippen molar-refractivity contribution in [1.82, 2.24) is 10.5 Å². The summed E-state index contributed by atoms with van der Waals surface area (Å²) in [6.45, 7) is 3.10. The minimum atomic E-state index is -0.0317. The number of rotatable bonds is 6. The molecule has 6 nitrogen and oxygen atoms in total. The minimum absolute atomic E-state index is 0.0317. The van der Waals surface area contributed by atoms with Crippen LogP contribution in [0.25, 0.3) is 11.3 Å². The summed E-state index contributed by atoms with van der Waals surface area (Å²) in [6.07, 6.45) is 2.92. The van der Waals surface area contributed by atoms with Crippen LogP contribution in [0.4, 0.5) is 0 Å². The summed E-state index contributed by atoms with van der Waals surface area (Å²) in [5, 5.41) is 8.05. The SMILES string of the molecule is COc1ccc(-c2cc(CC3(NC4CCOCC4)COC3)no2)cc1. The first-order valence-electron chi connectivity index (χ1n) is 8.80. The lowest BCUT2D eigenvalue weighted by molar-refractivity contribution is -0.0854. The van der Waals surface area contributed by atoms with E-state index in [0.29, 0.717) is 6.04 Å². The second kappa shape index (κ2) is 7.15. The molecule has 2 saturated heterocycles. The van der Waals surface area contributed by atoms with Gasteiger partial charge in [-0.2, -0.15) is 0 Å². The zero-order valence-corrected chi connectivity index (χ0v) is 14.5. The van der Waals surface area contributed by atoms with Crippen molar-refractivity contribution in [3.63, 3.8) is 0 Å². The van der Waals surface area contributed by atoms with Gasteiger partial charge in [0.15, 0.2) is 5.76 Å². The van der Waals surface area contributed by atoms with E-state index in [9.17, 15) is 0 Å². The number of hydrogen-bond donors (Lipinski definition) is 1. The van der Waals surface area contributed by atoms with E-state index in [1.54, 1.807) is 7.11 Å². The largest absolute Gasteiger partial charge is 0.497 e. The summed E-state index contributed by atoms with van der Waals surface area (Å²) >= 11 is 0. The van der Waals surface area contributed by atoms with Crippen LogP contribution in [-0.2, 0) is 15.9 Å². The number of hydrogen-bond acceptors (Lipinski definition) is 6. The number of ether oxygens (including phenoxy) is 3. The molecule has 134 valence electrons. The van der Waals surface area contributed by atoms with E-state index in [1.165, 1.54) is 0 Å². The molecule has 0 spiro atoms. The Hall–Kier alpha value is -1.89. The Labute approximate surface area is 147 Å². The minimum Gasteiger partial charge on any atom is -0.497 e. The van der Waals surface area contributed by atoms with Crippen molar-refractivity contribution in [2.75, 3.05) is 33.5 Å². The van der Waals surface area contributed by atoms with Crippen molar-refractivity contribution in [3.05, 3.63) is 36.0 Å². The average molecular weight is 344 g/mol. The average Bonchev–Trinajstić information content (AvgIpc) is 3.09. The molecular formula is C19H24N2O4. The zero-order valence-electron chi connectivity index (χ0n) is 14.5. The summed E-state index contributed by atoms with van der Waals surface area (Å²) in [4.78, 5) is 0. The monoisotopic (exact) mass is 344 g/mol. The fourth-order valence-electron chi connectivity index (χ4n) is 3.49. The maximum Gasteiger partial charge on any atom is 0.167 e. The molecule has 0 atom stereocenters. The van der Waals surface area contributed by atoms with E-state index in [2.05, 4.69) is 10.5 Å². The third kappa shape index (κ3) is 3.71. The van der Waals surface area contributed by atoms with E-state index >= 15 is 0 Å². The van der Waals surface area contributed by atoms with Gasteiger partial charge in [0.2, 0.25) is 0 Å². The van der Waals surface area contributed by atoms with Gasteiger partial charge in [0.05, 0.1) is 31.6 Å². The molecule has 0 unspecified atom stereocenters. The summed E-state index contributed by atoms with van der Waals surface area (Å²) < 4.78 is 21.7. The molecule has 2 aliphatic rings. The Balaban J connectivity index is 1.43. The predicted octanol–water partition coefficient (Wildman–Crippen LogP) is 2.43. The van der Waals surface area contributed by atoms with Gasteiger partial charge >= 0.3 is 0 Å². The van der Waals surface area contributed by atoms with Gasteiger partial charge in [-0.25, -0.2) is 0 Å². The molecular weight excluding hydrogens is 320 g/mol. The Morgan fingerprint density at radius 2 is 1.92 bits per heavy atom. The molecule has 0 bridgehead atoms. The Kier molecular flexibility index (Phi) is 4.74. The van der Waals surface area contributed by atoms with Crippen LogP contribution in [0.1, 0.15) is 18.5 Å². The molecule has 6 heteroatoms. The lowest BCUT2D eigenvalue weighted by Crippen LogP contribution is -2.65. The van der Waals surface area contributed by atoms with Gasteiger partial charge in [0.25, 0.3) is 0 Å². The highest BCUT2D eigenvalue weighted by atomic mass is 16.5. The molecule has 0 saturated carbocycles. The van der Waals surface area contributed by atoms with Crippen LogP contribution in [0.3, 0.4) is 0 Å². The molecule has 0 aliphatic carbocycles. The van der Waals surface area contributed by atoms with Gasteiger partial charge in [-0.1, -0.05) is 5.16 Å². The van der Waals surface area contributed by atoms with Crippen LogP contribution >= 0.6 is 0 Å². The van der Waals surface area contributed by atoms with E-state index in [1.807, 2.05) is 30.3 Å². The maximum atomic E-state index is 5.55. The van der Waals surface area contributed by atoms with E-state index in [0.717, 1.165) is 68.5 Å². The number of methoxy groups -OCH3 is 1. The van der Waals surface area contributed by atoms with Gasteiger partial charge in [-0.3, -0.25) is 0 Å². The highest BCUT2D eigenvalue weighted by Crippen LogP contribution is 2.28. The molecule has 1 aromatic carbocycles. The molecule has 4 rings (SSSR count). The number of nitrogens with one attached hydrogen (secondary N) is 1. The standard InChI is InChI=1S/C19H24N2O4/c1-22-17-4-2-14(3-5-17)18-10-16(21-25-18)11-19(12-24-13-19)20-15-6-8-23-9-7-15/h2-5,10,15,20H,6-9,11-13H2,1H3. The van der Waals surface area contributed by atoms with Crippen molar-refractivity contribution in [2.45, 2.75) is 30.8 Å². The van der Waals surface area contributed by atoms with Crippen molar-refractivity contribution in [1.29, 1.82) is 0 Å². The summed E-state index contributed by atoms with van der Waals surface area (Å²) in [5.74, 6) is 1.61. The highest BCUT2D eigenvalue weighted by Gasteiger charge is 2.41. The number of aromatic nitrogens is 1. The first-order chi connectivity index (χ1) is 12.3. The number of nitrogens with zero attached hydrogens (tertiary/aromatic N) is 1. The Morgan fingerprint density at radius 1 is 1.16 bits per heavy atom. The van der Waals surface area contributed by atoms with Crippen molar-refractivity contribution in [2.24, 2.45) is 0 Å². The van der Waals surface area contributed by atoms with E-state index < -0.39 is 0 Å². The Morgan fingerprint density at radius 3 is 2.56 bits per heavy atom. The van der Waals surface area contributed by atoms with Crippen LogP contribution in [0.2, 0.25) is 0 Å². The third-order valence-corrected chi connectivity index (χ3v) is 4.94. The lowest BCUT2D eigenvalue weighted by atomic mass is 9.89. The van der Waals surface area contributed by atoms with Gasteiger partial charge < -0.3 is 24.1 Å². The summed E-state index contributed by atoms with van der Waals surface area (Å²) in [5.41, 5.74) is 1.92. The van der Waals surface area contributed by atoms with Crippen LogP contribution < -0.4 is 10.1 Å². The van der Waals surface area contributed by atoms with Crippen LogP contribution in [0, 0.1) is 0 Å². The number of benzene rings is 1. The van der Waals surface area contributed by atoms with E-state index in [4.69, 9.17) is 18.7 Å². The van der Waals surface area contributed by atoms with Crippen molar-refractivity contribution < 1.29 is 18.7 Å². The van der Waals surface area contributed by atoms with Crippen LogP contribution in [0.15, 0.2) is 34.9 Å². The quantitative estimate of drug-likeness (QED) is 0.868. The summed E-state index contributed by atoms with van der Waals surface area (Å²) in [6, 6.07) is 10.3. The first-order valence-corrected chi connectivity index (χ1v) is 8.80. The first kappa shape index (κ1) is 16.6. The second-order valence-corrected chi connectivity index (χ2v) is 6.89. The molecule has 1 N–H and O–H groups in total. The molecule has 1 aromatic heterocycles. The molecule has 2 aromatic rings. The van der Waals surface area contributed by atoms with Crippen molar-refractivity contribution in [3.8, 4) is 17.1 Å². The van der Waals surface area contributed by atoms with Gasteiger partial charge in [0, 0.05) is 37.3 Å². The molecule has 2 aliphatic heterocycles.